The van der Waals surface area contributed by atoms with Crippen LogP contribution in [0.3, 0.4) is 0 Å². The van der Waals surface area contributed by atoms with Gasteiger partial charge in [-0.25, -0.2) is 9.50 Å². The molecule has 4 rings (SSSR count). The number of carbonyl (C=O) groups is 1. The number of nitrogens with one attached hydrogen (secondary N) is 1. The lowest BCUT2D eigenvalue weighted by Gasteiger charge is -2.12. The molecule has 9 heteroatoms. The molecule has 0 aliphatic rings. The molecule has 142 valence electrons. The molecule has 0 aliphatic heterocycles. The predicted molar refractivity (Wildman–Crippen MR) is 94.8 cm³/mol. The lowest BCUT2D eigenvalue weighted by molar-refractivity contribution is -0.274. The van der Waals surface area contributed by atoms with Crippen LogP contribution >= 0.6 is 0 Å². The SMILES string of the molecule is O=C(NCc1cc2c3ccccc3ncn2n1)c1ccccc1OC(F)(F)F. The maximum Gasteiger partial charge on any atom is 0.573 e. The molecule has 0 fully saturated rings. The maximum atomic E-state index is 12.5. The zero-order valence-electron chi connectivity index (χ0n) is 14.3. The van der Waals surface area contributed by atoms with Crippen LogP contribution in [0, 0.1) is 0 Å². The Morgan fingerprint density at radius 1 is 1.11 bits per heavy atom. The number of amides is 1. The molecule has 0 saturated carbocycles. The van der Waals surface area contributed by atoms with Gasteiger partial charge in [-0.15, -0.1) is 13.2 Å². The van der Waals surface area contributed by atoms with E-state index >= 15 is 0 Å². The minimum Gasteiger partial charge on any atom is -0.405 e. The molecule has 28 heavy (non-hydrogen) atoms. The van der Waals surface area contributed by atoms with E-state index in [1.54, 1.807) is 16.9 Å². The zero-order chi connectivity index (χ0) is 19.7. The van der Waals surface area contributed by atoms with Crippen molar-refractivity contribution in [2.75, 3.05) is 0 Å². The van der Waals surface area contributed by atoms with Gasteiger partial charge in [-0.2, -0.15) is 5.10 Å². The molecular formula is C19H13F3N4O2. The number of para-hydroxylation sites is 2. The van der Waals surface area contributed by atoms with Crippen molar-refractivity contribution in [3.8, 4) is 5.75 Å². The van der Waals surface area contributed by atoms with Crippen molar-refractivity contribution in [1.29, 1.82) is 0 Å². The molecule has 0 saturated heterocycles. The summed E-state index contributed by atoms with van der Waals surface area (Å²) < 4.78 is 43.0. The summed E-state index contributed by atoms with van der Waals surface area (Å²) in [7, 11) is 0. The Kier molecular flexibility index (Phi) is 4.34. The summed E-state index contributed by atoms with van der Waals surface area (Å²) in [6.45, 7) is 0.0369. The Labute approximate surface area is 156 Å². The summed E-state index contributed by atoms with van der Waals surface area (Å²) in [5.41, 5.74) is 1.95. The maximum absolute atomic E-state index is 12.5. The quantitative estimate of drug-likeness (QED) is 0.581. The van der Waals surface area contributed by atoms with Crippen LogP contribution in [0.5, 0.6) is 5.75 Å². The van der Waals surface area contributed by atoms with Crippen LogP contribution in [-0.4, -0.2) is 26.9 Å². The van der Waals surface area contributed by atoms with E-state index in [-0.39, 0.29) is 12.1 Å². The second kappa shape index (κ2) is 6.84. The number of hydrogen-bond donors (Lipinski definition) is 1. The predicted octanol–water partition coefficient (Wildman–Crippen LogP) is 3.71. The third-order valence-electron chi connectivity index (χ3n) is 4.06. The van der Waals surface area contributed by atoms with Crippen LogP contribution in [-0.2, 0) is 6.54 Å². The molecule has 0 spiro atoms. The molecule has 0 atom stereocenters. The van der Waals surface area contributed by atoms with E-state index in [1.165, 1.54) is 18.2 Å². The normalized spacial score (nSPS) is 11.7. The second-order valence-corrected chi connectivity index (χ2v) is 5.95. The third-order valence-corrected chi connectivity index (χ3v) is 4.06. The van der Waals surface area contributed by atoms with E-state index in [0.717, 1.165) is 22.5 Å². The summed E-state index contributed by atoms with van der Waals surface area (Å²) in [5, 5.41) is 7.81. The molecule has 1 N–H and O–H groups in total. The standard InChI is InChI=1S/C19H13F3N4O2/c20-19(21,22)28-17-8-4-2-6-14(17)18(27)23-10-12-9-16-13-5-1-3-7-15(13)24-11-26(16)25-12/h1-9,11H,10H2,(H,23,27). The van der Waals surface area contributed by atoms with Gasteiger partial charge in [0.05, 0.1) is 28.8 Å². The number of ether oxygens (including phenoxy) is 1. The van der Waals surface area contributed by atoms with Gasteiger partial charge in [-0.1, -0.05) is 30.3 Å². The summed E-state index contributed by atoms with van der Waals surface area (Å²) >= 11 is 0. The van der Waals surface area contributed by atoms with Crippen molar-refractivity contribution < 1.29 is 22.7 Å². The molecule has 4 aromatic rings. The molecule has 1 amide bonds. The number of carbonyl (C=O) groups excluding carboxylic acids is 1. The van der Waals surface area contributed by atoms with E-state index in [2.05, 4.69) is 20.1 Å². The number of hydrogen-bond acceptors (Lipinski definition) is 4. The number of rotatable bonds is 4. The molecule has 0 aliphatic carbocycles. The molecule has 0 bridgehead atoms. The van der Waals surface area contributed by atoms with E-state index in [9.17, 15) is 18.0 Å². The molecular weight excluding hydrogens is 373 g/mol. The minimum atomic E-state index is -4.88. The highest BCUT2D eigenvalue weighted by atomic mass is 19.4. The zero-order valence-corrected chi connectivity index (χ0v) is 14.3. The van der Waals surface area contributed by atoms with E-state index in [1.807, 2.05) is 24.3 Å². The second-order valence-electron chi connectivity index (χ2n) is 5.95. The summed E-state index contributed by atoms with van der Waals surface area (Å²) in [4.78, 5) is 16.6. The average molecular weight is 386 g/mol. The molecule has 0 radical (unpaired) electrons. The average Bonchev–Trinajstić information content (AvgIpc) is 3.09. The van der Waals surface area contributed by atoms with E-state index in [0.29, 0.717) is 5.69 Å². The smallest absolute Gasteiger partial charge is 0.405 e. The van der Waals surface area contributed by atoms with Crippen LogP contribution in [0.25, 0.3) is 16.4 Å². The summed E-state index contributed by atoms with van der Waals surface area (Å²) in [5.74, 6) is -1.25. The first kappa shape index (κ1) is 17.8. The lowest BCUT2D eigenvalue weighted by Crippen LogP contribution is -2.25. The van der Waals surface area contributed by atoms with Crippen LogP contribution in [0.1, 0.15) is 16.1 Å². The number of benzene rings is 2. The minimum absolute atomic E-state index is 0.0369. The van der Waals surface area contributed by atoms with Crippen LogP contribution in [0.15, 0.2) is 60.9 Å². The monoisotopic (exact) mass is 386 g/mol. The van der Waals surface area contributed by atoms with Crippen molar-refractivity contribution in [2.45, 2.75) is 12.9 Å². The van der Waals surface area contributed by atoms with Crippen LogP contribution in [0.4, 0.5) is 13.2 Å². The first-order valence-corrected chi connectivity index (χ1v) is 8.26. The number of nitrogens with zero attached hydrogens (tertiary/aromatic N) is 3. The number of fused-ring (bicyclic) bond motifs is 3. The molecule has 6 nitrogen and oxygen atoms in total. The number of alkyl halides is 3. The fourth-order valence-corrected chi connectivity index (χ4v) is 2.87. The first-order chi connectivity index (χ1) is 13.4. The van der Waals surface area contributed by atoms with Gasteiger partial charge >= 0.3 is 6.36 Å². The highest BCUT2D eigenvalue weighted by Crippen LogP contribution is 2.26. The number of halogens is 3. The Balaban J connectivity index is 1.55. The van der Waals surface area contributed by atoms with Crippen molar-refractivity contribution in [3.63, 3.8) is 0 Å². The van der Waals surface area contributed by atoms with Crippen LogP contribution in [0.2, 0.25) is 0 Å². The van der Waals surface area contributed by atoms with Crippen molar-refractivity contribution in [2.24, 2.45) is 0 Å². The molecule has 2 aromatic heterocycles. The highest BCUT2D eigenvalue weighted by molar-refractivity contribution is 5.97. The van der Waals surface area contributed by atoms with Gasteiger partial charge in [-0.3, -0.25) is 4.79 Å². The van der Waals surface area contributed by atoms with Crippen molar-refractivity contribution in [1.82, 2.24) is 19.9 Å². The summed E-state index contributed by atoms with van der Waals surface area (Å²) in [6.07, 6.45) is -3.32. The van der Waals surface area contributed by atoms with Gasteiger partial charge in [0.25, 0.3) is 5.91 Å². The van der Waals surface area contributed by atoms with Gasteiger partial charge in [0, 0.05) is 5.39 Å². The Hall–Kier alpha value is -3.62. The third kappa shape index (κ3) is 3.59. The molecule has 2 heterocycles. The van der Waals surface area contributed by atoms with Gasteiger partial charge in [0.15, 0.2) is 0 Å². The topological polar surface area (TPSA) is 68.5 Å². The van der Waals surface area contributed by atoms with Crippen molar-refractivity contribution in [3.05, 3.63) is 72.2 Å². The van der Waals surface area contributed by atoms with E-state index < -0.39 is 18.0 Å². The van der Waals surface area contributed by atoms with Gasteiger partial charge < -0.3 is 10.1 Å². The molecule has 2 aromatic carbocycles. The van der Waals surface area contributed by atoms with Gasteiger partial charge in [-0.05, 0) is 24.3 Å². The number of aromatic nitrogens is 3. The first-order valence-electron chi connectivity index (χ1n) is 8.26. The Bertz CT molecular complexity index is 1170. The van der Waals surface area contributed by atoms with Crippen molar-refractivity contribution >= 4 is 22.3 Å². The van der Waals surface area contributed by atoms with Crippen LogP contribution < -0.4 is 10.1 Å². The highest BCUT2D eigenvalue weighted by Gasteiger charge is 2.32. The molecule has 0 unspecified atom stereocenters. The lowest BCUT2D eigenvalue weighted by atomic mass is 10.2. The summed E-state index contributed by atoms with van der Waals surface area (Å²) in [6, 6.07) is 14.5. The fourth-order valence-electron chi connectivity index (χ4n) is 2.87. The largest absolute Gasteiger partial charge is 0.573 e. The van der Waals surface area contributed by atoms with Gasteiger partial charge in [0.1, 0.15) is 12.1 Å². The Morgan fingerprint density at radius 3 is 2.68 bits per heavy atom. The fraction of sp³-hybridized carbons (Fsp3) is 0.105. The Morgan fingerprint density at radius 2 is 1.86 bits per heavy atom. The van der Waals surface area contributed by atoms with E-state index in [4.69, 9.17) is 0 Å². The van der Waals surface area contributed by atoms with Gasteiger partial charge in [0.2, 0.25) is 0 Å².